The van der Waals surface area contributed by atoms with E-state index in [4.69, 9.17) is 10.5 Å². The summed E-state index contributed by atoms with van der Waals surface area (Å²) >= 11 is 0. The van der Waals surface area contributed by atoms with E-state index in [-0.39, 0.29) is 11.6 Å². The van der Waals surface area contributed by atoms with E-state index in [1.165, 1.54) is 0 Å². The Hall–Kier alpha value is -0.570. The monoisotopic (exact) mass is 158 g/mol. The largest absolute Gasteiger partial charge is 0.460 e. The Morgan fingerprint density at radius 2 is 2.00 bits per heavy atom. The molecule has 0 aliphatic rings. The summed E-state index contributed by atoms with van der Waals surface area (Å²) in [6, 6.07) is 0. The molecule has 0 aromatic carbocycles. The molecule has 0 aromatic rings. The van der Waals surface area contributed by atoms with Crippen LogP contribution in [0.2, 0.25) is 0 Å². The summed E-state index contributed by atoms with van der Waals surface area (Å²) in [6.45, 7) is 5.81. The molecule has 0 amide bonds. The van der Waals surface area contributed by atoms with Crippen LogP contribution < -0.4 is 5.73 Å². The first kappa shape index (κ1) is 10.4. The number of esters is 1. The summed E-state index contributed by atoms with van der Waals surface area (Å²) in [5, 5.41) is 0. The van der Waals surface area contributed by atoms with E-state index in [1.807, 2.05) is 20.8 Å². The first-order chi connectivity index (χ1) is 4.95. The van der Waals surface area contributed by atoms with Gasteiger partial charge in [0.1, 0.15) is 5.60 Å². The standard InChI is InChI=1S/C8H16NO2/c1-8(2,3)11-7(10)5-4-6-9/h9H,4-6H2,1-3H3. The Kier molecular flexibility index (Phi) is 4.11. The number of rotatable bonds is 3. The van der Waals surface area contributed by atoms with Crippen LogP contribution in [0.4, 0.5) is 0 Å². The smallest absolute Gasteiger partial charge is 0.306 e. The van der Waals surface area contributed by atoms with Crippen molar-refractivity contribution in [3.63, 3.8) is 0 Å². The minimum Gasteiger partial charge on any atom is -0.460 e. The maximum Gasteiger partial charge on any atom is 0.306 e. The predicted octanol–water partition coefficient (Wildman–Crippen LogP) is 1.39. The van der Waals surface area contributed by atoms with Crippen molar-refractivity contribution in [2.75, 3.05) is 6.54 Å². The van der Waals surface area contributed by atoms with Crippen LogP contribution in [0.5, 0.6) is 0 Å². The lowest BCUT2D eigenvalue weighted by atomic mass is 10.2. The Morgan fingerprint density at radius 3 is 2.36 bits per heavy atom. The highest BCUT2D eigenvalue weighted by atomic mass is 16.6. The summed E-state index contributed by atoms with van der Waals surface area (Å²) in [5.74, 6) is -0.204. The molecule has 0 bridgehead atoms. The molecule has 1 N–H and O–H groups in total. The highest BCUT2D eigenvalue weighted by Crippen LogP contribution is 2.08. The number of hydrogen-bond acceptors (Lipinski definition) is 2. The molecule has 0 heterocycles. The molecule has 3 nitrogen and oxygen atoms in total. The average molecular weight is 158 g/mol. The van der Waals surface area contributed by atoms with Crippen molar-refractivity contribution in [3.05, 3.63) is 0 Å². The maximum atomic E-state index is 10.9. The maximum absolute atomic E-state index is 10.9. The normalized spacial score (nSPS) is 11.3. The molecule has 0 aliphatic heterocycles. The van der Waals surface area contributed by atoms with Gasteiger partial charge in [-0.2, -0.15) is 0 Å². The highest BCUT2D eigenvalue weighted by molar-refractivity contribution is 5.69. The Morgan fingerprint density at radius 1 is 1.45 bits per heavy atom. The molecule has 3 heteroatoms. The minimum absolute atomic E-state index is 0.204. The highest BCUT2D eigenvalue weighted by Gasteiger charge is 2.15. The lowest BCUT2D eigenvalue weighted by molar-refractivity contribution is -0.154. The second-order valence-corrected chi connectivity index (χ2v) is 3.44. The van der Waals surface area contributed by atoms with Crippen LogP contribution in [0, 0.1) is 0 Å². The van der Waals surface area contributed by atoms with Crippen LogP contribution >= 0.6 is 0 Å². The molecule has 0 aliphatic carbocycles. The number of ether oxygens (including phenoxy) is 1. The molecule has 0 saturated heterocycles. The Bertz CT molecular complexity index is 127. The molecule has 0 rings (SSSR count). The summed E-state index contributed by atoms with van der Waals surface area (Å²) in [6.07, 6.45) is 0.954. The molecule has 0 atom stereocenters. The molecule has 0 unspecified atom stereocenters. The van der Waals surface area contributed by atoms with Crippen LogP contribution in [-0.2, 0) is 9.53 Å². The van der Waals surface area contributed by atoms with Crippen LogP contribution in [0.25, 0.3) is 0 Å². The molecule has 0 fully saturated rings. The van der Waals surface area contributed by atoms with Crippen molar-refractivity contribution < 1.29 is 9.53 Å². The van der Waals surface area contributed by atoms with Crippen molar-refractivity contribution in [2.24, 2.45) is 0 Å². The Labute approximate surface area is 67.9 Å². The zero-order valence-electron chi connectivity index (χ0n) is 7.44. The SMILES string of the molecule is CC(C)(C)OC(=O)CCC[NH]. The van der Waals surface area contributed by atoms with Crippen molar-refractivity contribution in [1.82, 2.24) is 5.73 Å². The third kappa shape index (κ3) is 7.33. The average Bonchev–Trinajstić information content (AvgIpc) is 1.79. The minimum atomic E-state index is -0.390. The number of nitrogens with one attached hydrogen (secondary N) is 1. The second-order valence-electron chi connectivity index (χ2n) is 3.44. The molecule has 0 aromatic heterocycles. The summed E-state index contributed by atoms with van der Waals surface area (Å²) in [7, 11) is 0. The van der Waals surface area contributed by atoms with E-state index in [2.05, 4.69) is 0 Å². The number of carbonyl (C=O) groups is 1. The van der Waals surface area contributed by atoms with Gasteiger partial charge in [0.15, 0.2) is 0 Å². The van der Waals surface area contributed by atoms with Crippen molar-refractivity contribution in [3.8, 4) is 0 Å². The van der Waals surface area contributed by atoms with Crippen molar-refractivity contribution in [1.29, 1.82) is 0 Å². The van der Waals surface area contributed by atoms with Gasteiger partial charge in [-0.25, -0.2) is 0 Å². The van der Waals surface area contributed by atoms with E-state index in [0.717, 1.165) is 0 Å². The van der Waals surface area contributed by atoms with Crippen LogP contribution in [0.15, 0.2) is 0 Å². The summed E-state index contributed by atoms with van der Waals surface area (Å²) in [5.41, 5.74) is 6.43. The van der Waals surface area contributed by atoms with Crippen LogP contribution in [-0.4, -0.2) is 18.1 Å². The summed E-state index contributed by atoms with van der Waals surface area (Å²) < 4.78 is 5.02. The molecule has 0 spiro atoms. The zero-order valence-corrected chi connectivity index (χ0v) is 7.44. The fourth-order valence-electron chi connectivity index (χ4n) is 0.625. The van der Waals surface area contributed by atoms with E-state index in [9.17, 15) is 4.79 Å². The van der Waals surface area contributed by atoms with Crippen molar-refractivity contribution in [2.45, 2.75) is 39.2 Å². The van der Waals surface area contributed by atoms with Gasteiger partial charge in [-0.05, 0) is 27.2 Å². The molecular formula is C8H16NO2. The second kappa shape index (κ2) is 4.34. The topological polar surface area (TPSA) is 50.1 Å². The molecule has 0 saturated carbocycles. The van der Waals surface area contributed by atoms with Gasteiger partial charge in [0.25, 0.3) is 0 Å². The predicted molar refractivity (Wildman–Crippen MR) is 43.0 cm³/mol. The number of carbonyl (C=O) groups excluding carboxylic acids is 1. The lowest BCUT2D eigenvalue weighted by Gasteiger charge is -2.19. The van der Waals surface area contributed by atoms with Gasteiger partial charge in [0, 0.05) is 13.0 Å². The molecule has 65 valence electrons. The van der Waals surface area contributed by atoms with Gasteiger partial charge in [0.05, 0.1) is 0 Å². The van der Waals surface area contributed by atoms with E-state index >= 15 is 0 Å². The van der Waals surface area contributed by atoms with Gasteiger partial charge in [-0.3, -0.25) is 10.5 Å². The molecule has 11 heavy (non-hydrogen) atoms. The quantitative estimate of drug-likeness (QED) is 0.583. The fraction of sp³-hybridized carbons (Fsp3) is 0.875. The lowest BCUT2D eigenvalue weighted by Crippen LogP contribution is -2.23. The summed E-state index contributed by atoms with van der Waals surface area (Å²) in [4.78, 5) is 10.9. The molecule has 1 radical (unpaired) electrons. The van der Waals surface area contributed by atoms with Crippen molar-refractivity contribution >= 4 is 5.97 Å². The zero-order chi connectivity index (χ0) is 8.91. The Balaban J connectivity index is 3.53. The van der Waals surface area contributed by atoms with E-state index in [1.54, 1.807) is 0 Å². The van der Waals surface area contributed by atoms with Crippen LogP contribution in [0.3, 0.4) is 0 Å². The molecular weight excluding hydrogens is 142 g/mol. The fourth-order valence-corrected chi connectivity index (χ4v) is 0.625. The van der Waals surface area contributed by atoms with Gasteiger partial charge < -0.3 is 4.74 Å². The first-order valence-electron chi connectivity index (χ1n) is 3.82. The van der Waals surface area contributed by atoms with Gasteiger partial charge in [-0.1, -0.05) is 0 Å². The first-order valence-corrected chi connectivity index (χ1v) is 3.82. The third-order valence-electron chi connectivity index (χ3n) is 0.978. The number of hydrogen-bond donors (Lipinski definition) is 0. The van der Waals surface area contributed by atoms with E-state index < -0.39 is 0 Å². The van der Waals surface area contributed by atoms with Crippen LogP contribution in [0.1, 0.15) is 33.6 Å². The van der Waals surface area contributed by atoms with Gasteiger partial charge >= 0.3 is 5.97 Å². The van der Waals surface area contributed by atoms with Gasteiger partial charge in [-0.15, -0.1) is 0 Å². The third-order valence-corrected chi connectivity index (χ3v) is 0.978. The van der Waals surface area contributed by atoms with E-state index in [0.29, 0.717) is 19.4 Å². The van der Waals surface area contributed by atoms with Gasteiger partial charge in [0.2, 0.25) is 0 Å².